The van der Waals surface area contributed by atoms with Gasteiger partial charge in [0.05, 0.1) is 0 Å². The van der Waals surface area contributed by atoms with E-state index in [1.807, 2.05) is 11.3 Å². The molecule has 0 saturated carbocycles. The van der Waals surface area contributed by atoms with Crippen molar-refractivity contribution in [2.24, 2.45) is 0 Å². The van der Waals surface area contributed by atoms with E-state index in [9.17, 15) is 0 Å². The number of aromatic nitrogens is 3. The smallest absolute Gasteiger partial charge is 0.165 e. The van der Waals surface area contributed by atoms with E-state index in [4.69, 9.17) is 0 Å². The first-order valence-electron chi connectivity index (χ1n) is 9.02. The number of aryl methyl sites for hydroxylation is 2. The van der Waals surface area contributed by atoms with Crippen LogP contribution in [0, 0.1) is 0 Å². The van der Waals surface area contributed by atoms with Crippen LogP contribution in [0.1, 0.15) is 29.1 Å². The minimum atomic E-state index is 0.992. The zero-order valence-electron chi connectivity index (χ0n) is 14.7. The number of hydrogen-bond acceptors (Lipinski definition) is 4. The van der Waals surface area contributed by atoms with Gasteiger partial charge >= 0.3 is 0 Å². The molecule has 4 nitrogen and oxygen atoms in total. The lowest BCUT2D eigenvalue weighted by molar-refractivity contribution is 0.320. The van der Waals surface area contributed by atoms with Gasteiger partial charge in [0.2, 0.25) is 0 Å². The van der Waals surface area contributed by atoms with Gasteiger partial charge in [-0.25, -0.2) is 0 Å². The Labute approximate surface area is 153 Å². The predicted octanol–water partition coefficient (Wildman–Crippen LogP) is 4.02. The van der Waals surface area contributed by atoms with Crippen LogP contribution in [0.2, 0.25) is 0 Å². The molecule has 0 unspecified atom stereocenters. The molecular weight excluding hydrogens is 328 g/mol. The van der Waals surface area contributed by atoms with E-state index in [0.717, 1.165) is 50.5 Å². The van der Waals surface area contributed by atoms with Crippen LogP contribution >= 0.6 is 11.3 Å². The van der Waals surface area contributed by atoms with Gasteiger partial charge in [-0.1, -0.05) is 30.3 Å². The Bertz CT molecular complexity index is 821. The van der Waals surface area contributed by atoms with Gasteiger partial charge in [-0.15, -0.1) is 21.5 Å². The van der Waals surface area contributed by atoms with Crippen LogP contribution in [-0.4, -0.2) is 33.3 Å². The molecule has 0 saturated heterocycles. The van der Waals surface area contributed by atoms with Gasteiger partial charge < -0.3 is 9.47 Å². The second-order valence-electron chi connectivity index (χ2n) is 6.78. The summed E-state index contributed by atoms with van der Waals surface area (Å²) in [5.41, 5.74) is 2.66. The second-order valence-corrected chi connectivity index (χ2v) is 7.78. The van der Waals surface area contributed by atoms with Crippen molar-refractivity contribution in [1.29, 1.82) is 0 Å². The predicted molar refractivity (Wildman–Crippen MR) is 103 cm³/mol. The molecule has 25 heavy (non-hydrogen) atoms. The van der Waals surface area contributed by atoms with Gasteiger partial charge in [-0.2, -0.15) is 0 Å². The highest BCUT2D eigenvalue weighted by Crippen LogP contribution is 2.31. The fraction of sp³-hybridized carbons (Fsp3) is 0.400. The van der Waals surface area contributed by atoms with Gasteiger partial charge in [0.1, 0.15) is 5.82 Å². The van der Waals surface area contributed by atoms with E-state index in [1.165, 1.54) is 22.4 Å². The summed E-state index contributed by atoms with van der Waals surface area (Å²) in [5, 5.41) is 11.2. The van der Waals surface area contributed by atoms with Crippen LogP contribution in [0.3, 0.4) is 0 Å². The maximum atomic E-state index is 4.50. The van der Waals surface area contributed by atoms with Crippen molar-refractivity contribution in [3.8, 4) is 11.4 Å². The van der Waals surface area contributed by atoms with Crippen LogP contribution in [-0.2, 0) is 25.9 Å². The monoisotopic (exact) mass is 352 g/mol. The minimum Gasteiger partial charge on any atom is -0.311 e. The molecule has 2 aromatic heterocycles. The molecule has 130 valence electrons. The van der Waals surface area contributed by atoms with Crippen molar-refractivity contribution in [2.75, 3.05) is 13.6 Å². The maximum Gasteiger partial charge on any atom is 0.165 e. The molecule has 0 atom stereocenters. The maximum absolute atomic E-state index is 4.50. The summed E-state index contributed by atoms with van der Waals surface area (Å²) >= 11 is 1.85. The van der Waals surface area contributed by atoms with Crippen molar-refractivity contribution in [2.45, 2.75) is 38.8 Å². The highest BCUT2D eigenvalue weighted by Gasteiger charge is 2.20. The molecule has 0 amide bonds. The third-order valence-electron chi connectivity index (χ3n) is 4.83. The molecule has 1 aromatic carbocycles. The van der Waals surface area contributed by atoms with Gasteiger partial charge in [0.25, 0.3) is 0 Å². The first-order chi connectivity index (χ1) is 12.3. The highest BCUT2D eigenvalue weighted by molar-refractivity contribution is 7.10. The van der Waals surface area contributed by atoms with Crippen molar-refractivity contribution >= 4 is 11.3 Å². The van der Waals surface area contributed by atoms with Gasteiger partial charge in [0, 0.05) is 30.0 Å². The Morgan fingerprint density at radius 3 is 2.92 bits per heavy atom. The number of benzene rings is 1. The molecule has 1 aliphatic rings. The molecule has 5 heteroatoms. The number of hydrogen-bond donors (Lipinski definition) is 0. The molecule has 0 aliphatic carbocycles. The fourth-order valence-electron chi connectivity index (χ4n) is 3.57. The number of nitrogens with zero attached hydrogens (tertiary/aromatic N) is 4. The molecule has 0 bridgehead atoms. The standard InChI is InChI=1S/C20H24N4S/c1-23(15-16-7-3-2-4-8-16)12-6-10-19-21-22-20-17-11-14-25-18(17)9-5-13-24(19)20/h2-4,7-8,11,14H,5-6,9-10,12-13,15H2,1H3. The summed E-state index contributed by atoms with van der Waals surface area (Å²) < 4.78 is 2.34. The van der Waals surface area contributed by atoms with E-state index in [0.29, 0.717) is 0 Å². The quantitative estimate of drug-likeness (QED) is 0.672. The molecule has 0 radical (unpaired) electrons. The van der Waals surface area contributed by atoms with E-state index < -0.39 is 0 Å². The third-order valence-corrected chi connectivity index (χ3v) is 5.82. The summed E-state index contributed by atoms with van der Waals surface area (Å²) in [6.07, 6.45) is 4.44. The first-order valence-corrected chi connectivity index (χ1v) is 9.90. The molecule has 4 rings (SSSR count). The second kappa shape index (κ2) is 7.50. The van der Waals surface area contributed by atoms with E-state index >= 15 is 0 Å². The molecule has 0 N–H and O–H groups in total. The first kappa shape index (κ1) is 16.5. The Morgan fingerprint density at radius 1 is 1.16 bits per heavy atom. The molecule has 1 aliphatic heterocycles. The van der Waals surface area contributed by atoms with Crippen LogP contribution in [0.5, 0.6) is 0 Å². The summed E-state index contributed by atoms with van der Waals surface area (Å²) in [7, 11) is 2.19. The third kappa shape index (κ3) is 3.67. The van der Waals surface area contributed by atoms with E-state index in [2.05, 4.69) is 68.5 Å². The largest absolute Gasteiger partial charge is 0.311 e. The lowest BCUT2D eigenvalue weighted by Crippen LogP contribution is -2.20. The summed E-state index contributed by atoms with van der Waals surface area (Å²) in [6, 6.07) is 12.9. The number of thiophene rings is 1. The highest BCUT2D eigenvalue weighted by atomic mass is 32.1. The van der Waals surface area contributed by atoms with Crippen LogP contribution < -0.4 is 0 Å². The SMILES string of the molecule is CN(CCCc1nnc2n1CCCc1sccc1-2)Cc1ccccc1. The van der Waals surface area contributed by atoms with Gasteiger partial charge in [-0.3, -0.25) is 0 Å². The molecule has 3 heterocycles. The molecule has 3 aromatic rings. The van der Waals surface area contributed by atoms with Crippen molar-refractivity contribution in [3.05, 3.63) is 58.0 Å². The van der Waals surface area contributed by atoms with Crippen LogP contribution in [0.4, 0.5) is 0 Å². The molecule has 0 spiro atoms. The van der Waals surface area contributed by atoms with E-state index in [-0.39, 0.29) is 0 Å². The Kier molecular flexibility index (Phi) is 4.95. The van der Waals surface area contributed by atoms with Crippen LogP contribution in [0.15, 0.2) is 41.8 Å². The van der Waals surface area contributed by atoms with Crippen molar-refractivity contribution in [3.63, 3.8) is 0 Å². The van der Waals surface area contributed by atoms with E-state index in [1.54, 1.807) is 0 Å². The Morgan fingerprint density at radius 2 is 2.04 bits per heavy atom. The molecular formula is C20H24N4S. The summed E-state index contributed by atoms with van der Waals surface area (Å²) in [6.45, 7) is 3.11. The topological polar surface area (TPSA) is 34.0 Å². The van der Waals surface area contributed by atoms with Crippen molar-refractivity contribution < 1.29 is 0 Å². The van der Waals surface area contributed by atoms with Crippen LogP contribution in [0.25, 0.3) is 11.4 Å². The Balaban J connectivity index is 1.37. The van der Waals surface area contributed by atoms with Gasteiger partial charge in [0.15, 0.2) is 5.82 Å². The minimum absolute atomic E-state index is 0.992. The lowest BCUT2D eigenvalue weighted by Gasteiger charge is -2.16. The zero-order valence-corrected chi connectivity index (χ0v) is 15.5. The van der Waals surface area contributed by atoms with Crippen molar-refractivity contribution in [1.82, 2.24) is 19.7 Å². The summed E-state index contributed by atoms with van der Waals surface area (Å²) in [4.78, 5) is 3.84. The normalized spacial score (nSPS) is 13.5. The lowest BCUT2D eigenvalue weighted by atomic mass is 10.2. The Hall–Kier alpha value is -1.98. The summed E-state index contributed by atoms with van der Waals surface area (Å²) in [5.74, 6) is 2.21. The number of rotatable bonds is 6. The zero-order chi connectivity index (χ0) is 17.1. The fourth-order valence-corrected chi connectivity index (χ4v) is 4.48. The average Bonchev–Trinajstić information content (AvgIpc) is 3.20. The average molecular weight is 353 g/mol. The molecule has 0 fully saturated rings. The number of fused-ring (bicyclic) bond motifs is 3. The van der Waals surface area contributed by atoms with Gasteiger partial charge in [-0.05, 0) is 49.9 Å².